The molecule has 1 heterocycles. The van der Waals surface area contributed by atoms with Crippen LogP contribution < -0.4 is 15.0 Å². The zero-order chi connectivity index (χ0) is 21.9. The quantitative estimate of drug-likeness (QED) is 0.762. The molecule has 0 amide bonds. The van der Waals surface area contributed by atoms with Crippen LogP contribution in [0.5, 0.6) is 11.5 Å². The van der Waals surface area contributed by atoms with Crippen molar-refractivity contribution in [1.82, 2.24) is 9.78 Å². The van der Waals surface area contributed by atoms with Gasteiger partial charge in [-0.3, -0.25) is 9.59 Å². The van der Waals surface area contributed by atoms with E-state index in [1.165, 1.54) is 7.11 Å². The SMILES string of the molecule is COc1ccc(Cn2ncc(O[C@H]3CCC[C@@H](C(=O)O)C3)c(C(F)(F)F)c2=O)cc1. The first-order chi connectivity index (χ1) is 14.2. The molecule has 0 radical (unpaired) electrons. The Morgan fingerprint density at radius 1 is 1.27 bits per heavy atom. The number of aliphatic carboxylic acids is 1. The largest absolute Gasteiger partial charge is 0.497 e. The predicted octanol–water partition coefficient (Wildman–Crippen LogP) is 3.34. The van der Waals surface area contributed by atoms with Gasteiger partial charge in [0.25, 0.3) is 5.56 Å². The Hall–Kier alpha value is -3.04. The van der Waals surface area contributed by atoms with Crippen LogP contribution in [0, 0.1) is 5.92 Å². The Labute approximate surface area is 170 Å². The second kappa shape index (κ2) is 8.76. The maximum atomic E-state index is 13.7. The maximum absolute atomic E-state index is 13.7. The molecular formula is C20H21F3N2O5. The minimum Gasteiger partial charge on any atom is -0.497 e. The van der Waals surface area contributed by atoms with E-state index in [0.29, 0.717) is 30.6 Å². The first-order valence-electron chi connectivity index (χ1n) is 9.38. The Morgan fingerprint density at radius 2 is 1.97 bits per heavy atom. The molecule has 1 aliphatic rings. The average molecular weight is 426 g/mol. The molecular weight excluding hydrogens is 405 g/mol. The summed E-state index contributed by atoms with van der Waals surface area (Å²) in [7, 11) is 1.49. The van der Waals surface area contributed by atoms with Crippen molar-refractivity contribution in [3.05, 3.63) is 51.9 Å². The minimum absolute atomic E-state index is 0.0849. The van der Waals surface area contributed by atoms with Gasteiger partial charge in [-0.2, -0.15) is 18.3 Å². The van der Waals surface area contributed by atoms with Crippen LogP contribution in [0.25, 0.3) is 0 Å². The molecule has 0 aliphatic heterocycles. The third kappa shape index (κ3) is 4.92. The van der Waals surface area contributed by atoms with Gasteiger partial charge in [-0.15, -0.1) is 0 Å². The Balaban J connectivity index is 1.88. The summed E-state index contributed by atoms with van der Waals surface area (Å²) in [6.45, 7) is -0.156. The monoisotopic (exact) mass is 426 g/mol. The summed E-state index contributed by atoms with van der Waals surface area (Å²) >= 11 is 0. The van der Waals surface area contributed by atoms with Crippen LogP contribution in [-0.2, 0) is 17.5 Å². The number of nitrogens with zero attached hydrogens (tertiary/aromatic N) is 2. The van der Waals surface area contributed by atoms with E-state index < -0.39 is 41.0 Å². The zero-order valence-corrected chi connectivity index (χ0v) is 16.2. The van der Waals surface area contributed by atoms with Gasteiger partial charge in [0.05, 0.1) is 31.9 Å². The molecule has 0 spiro atoms. The van der Waals surface area contributed by atoms with Crippen LogP contribution in [0.1, 0.15) is 36.8 Å². The number of ether oxygens (including phenoxy) is 2. The van der Waals surface area contributed by atoms with Crippen molar-refractivity contribution in [2.75, 3.05) is 7.11 Å². The molecule has 0 bridgehead atoms. The molecule has 1 aromatic heterocycles. The number of hydrogen-bond donors (Lipinski definition) is 1. The molecule has 1 aromatic carbocycles. The highest BCUT2D eigenvalue weighted by molar-refractivity contribution is 5.70. The number of halogens is 3. The van der Waals surface area contributed by atoms with Gasteiger partial charge in [0.2, 0.25) is 0 Å². The molecule has 1 fully saturated rings. The van der Waals surface area contributed by atoms with Gasteiger partial charge in [-0.25, -0.2) is 4.68 Å². The summed E-state index contributed by atoms with van der Waals surface area (Å²) in [5.74, 6) is -1.78. The van der Waals surface area contributed by atoms with Gasteiger partial charge in [-0.1, -0.05) is 12.1 Å². The smallest absolute Gasteiger partial charge is 0.425 e. The number of carbonyl (C=O) groups is 1. The third-order valence-corrected chi connectivity index (χ3v) is 5.05. The van der Waals surface area contributed by atoms with Crippen LogP contribution in [0.4, 0.5) is 13.2 Å². The fourth-order valence-electron chi connectivity index (χ4n) is 3.50. The Bertz CT molecular complexity index is 956. The normalized spacial score (nSPS) is 19.3. The average Bonchev–Trinajstić information content (AvgIpc) is 2.70. The molecule has 0 unspecified atom stereocenters. The van der Waals surface area contributed by atoms with Crippen LogP contribution >= 0.6 is 0 Å². The van der Waals surface area contributed by atoms with Gasteiger partial charge >= 0.3 is 12.1 Å². The van der Waals surface area contributed by atoms with E-state index in [4.69, 9.17) is 14.6 Å². The second-order valence-electron chi connectivity index (χ2n) is 7.13. The molecule has 7 nitrogen and oxygen atoms in total. The molecule has 2 atom stereocenters. The summed E-state index contributed by atoms with van der Waals surface area (Å²) in [6.07, 6.45) is -3.33. The number of rotatable bonds is 6. The van der Waals surface area contributed by atoms with Crippen LogP contribution in [0.2, 0.25) is 0 Å². The fraction of sp³-hybridized carbons (Fsp3) is 0.450. The molecule has 0 saturated heterocycles. The number of benzene rings is 1. The topological polar surface area (TPSA) is 90.7 Å². The molecule has 30 heavy (non-hydrogen) atoms. The lowest BCUT2D eigenvalue weighted by Gasteiger charge is -2.28. The summed E-state index contributed by atoms with van der Waals surface area (Å²) in [6, 6.07) is 6.51. The number of alkyl halides is 3. The Morgan fingerprint density at radius 3 is 2.57 bits per heavy atom. The summed E-state index contributed by atoms with van der Waals surface area (Å²) in [5.41, 5.74) is -2.19. The molecule has 1 N–H and O–H groups in total. The second-order valence-corrected chi connectivity index (χ2v) is 7.13. The van der Waals surface area contributed by atoms with E-state index >= 15 is 0 Å². The van der Waals surface area contributed by atoms with E-state index in [1.807, 2.05) is 0 Å². The number of hydrogen-bond acceptors (Lipinski definition) is 5. The third-order valence-electron chi connectivity index (χ3n) is 5.05. The standard InChI is InChI=1S/C20H21F3N2O5/c1-29-14-7-5-12(6-8-14)11-25-18(26)17(20(21,22)23)16(10-24-25)30-15-4-2-3-13(9-15)19(27)28/h5-8,10,13,15H,2-4,9,11H2,1H3,(H,27,28)/t13-,15+/m1/s1. The van der Waals surface area contributed by atoms with E-state index in [2.05, 4.69) is 5.10 Å². The summed E-state index contributed by atoms with van der Waals surface area (Å²) in [5, 5.41) is 13.0. The van der Waals surface area contributed by atoms with Crippen LogP contribution in [0.15, 0.2) is 35.3 Å². The number of methoxy groups -OCH3 is 1. The number of carboxylic acid groups (broad SMARTS) is 1. The van der Waals surface area contributed by atoms with Crippen molar-refractivity contribution >= 4 is 5.97 Å². The van der Waals surface area contributed by atoms with Gasteiger partial charge in [0.1, 0.15) is 5.75 Å². The van der Waals surface area contributed by atoms with Crippen molar-refractivity contribution in [1.29, 1.82) is 0 Å². The van der Waals surface area contributed by atoms with Crippen molar-refractivity contribution < 1.29 is 32.5 Å². The van der Waals surface area contributed by atoms with Crippen LogP contribution in [-0.4, -0.2) is 34.1 Å². The molecule has 162 valence electrons. The first-order valence-corrected chi connectivity index (χ1v) is 9.38. The van der Waals surface area contributed by atoms with Gasteiger partial charge in [-0.05, 0) is 43.4 Å². The minimum atomic E-state index is -4.95. The summed E-state index contributed by atoms with van der Waals surface area (Å²) < 4.78 is 52.1. The number of aromatic nitrogens is 2. The van der Waals surface area contributed by atoms with E-state index in [0.717, 1.165) is 10.9 Å². The molecule has 10 heteroatoms. The zero-order valence-electron chi connectivity index (χ0n) is 16.2. The van der Waals surface area contributed by atoms with Gasteiger partial charge < -0.3 is 14.6 Å². The lowest BCUT2D eigenvalue weighted by atomic mass is 9.87. The van der Waals surface area contributed by atoms with Crippen LogP contribution in [0.3, 0.4) is 0 Å². The van der Waals surface area contributed by atoms with Crippen molar-refractivity contribution in [2.24, 2.45) is 5.92 Å². The van der Waals surface area contributed by atoms with E-state index in [-0.39, 0.29) is 13.0 Å². The summed E-state index contributed by atoms with van der Waals surface area (Å²) in [4.78, 5) is 23.7. The fourth-order valence-corrected chi connectivity index (χ4v) is 3.50. The maximum Gasteiger partial charge on any atom is 0.425 e. The van der Waals surface area contributed by atoms with Gasteiger partial charge in [0.15, 0.2) is 11.3 Å². The van der Waals surface area contributed by atoms with E-state index in [9.17, 15) is 22.8 Å². The molecule has 2 aromatic rings. The molecule has 1 aliphatic carbocycles. The first kappa shape index (κ1) is 21.7. The highest BCUT2D eigenvalue weighted by Crippen LogP contribution is 2.35. The highest BCUT2D eigenvalue weighted by Gasteiger charge is 2.40. The van der Waals surface area contributed by atoms with Gasteiger partial charge in [0, 0.05) is 0 Å². The van der Waals surface area contributed by atoms with E-state index in [1.54, 1.807) is 24.3 Å². The highest BCUT2D eigenvalue weighted by atomic mass is 19.4. The molecule has 1 saturated carbocycles. The molecule has 3 rings (SSSR count). The van der Waals surface area contributed by atoms with Crippen molar-refractivity contribution in [3.63, 3.8) is 0 Å². The van der Waals surface area contributed by atoms with Crippen molar-refractivity contribution in [2.45, 2.75) is 44.5 Å². The Kier molecular flexibility index (Phi) is 6.33. The lowest BCUT2D eigenvalue weighted by Crippen LogP contribution is -2.34. The lowest BCUT2D eigenvalue weighted by molar-refractivity contribution is -0.145. The van der Waals surface area contributed by atoms with Crippen molar-refractivity contribution in [3.8, 4) is 11.5 Å². The predicted molar refractivity (Wildman–Crippen MR) is 99.6 cm³/mol. The number of carboxylic acids is 1.